The zero-order valence-corrected chi connectivity index (χ0v) is 26.6. The topological polar surface area (TPSA) is 75.6 Å². The summed E-state index contributed by atoms with van der Waals surface area (Å²) in [4.78, 5) is 19.2. The number of fused-ring (bicyclic) bond motifs is 4. The first-order chi connectivity index (χ1) is 22.0. The highest BCUT2D eigenvalue weighted by atomic mass is 19.1. The van der Waals surface area contributed by atoms with Crippen LogP contribution >= 0.6 is 0 Å². The van der Waals surface area contributed by atoms with Crippen molar-refractivity contribution in [1.29, 1.82) is 0 Å². The fourth-order valence-electron chi connectivity index (χ4n) is 7.93. The lowest BCUT2D eigenvalue weighted by Gasteiger charge is -2.39. The third-order valence-electron chi connectivity index (χ3n) is 10.1. The lowest BCUT2D eigenvalue weighted by Crippen LogP contribution is -2.57. The predicted octanol–water partition coefficient (Wildman–Crippen LogP) is 6.41. The molecule has 10 heteroatoms. The third-order valence-corrected chi connectivity index (χ3v) is 10.1. The van der Waals surface area contributed by atoms with E-state index in [-0.39, 0.29) is 40.7 Å². The smallest absolute Gasteiger partial charge is 0.319 e. The maximum absolute atomic E-state index is 16.9. The Bertz CT molecular complexity index is 1740. The van der Waals surface area contributed by atoms with Gasteiger partial charge >= 0.3 is 6.01 Å². The summed E-state index contributed by atoms with van der Waals surface area (Å²) < 4.78 is 44.7. The molecule has 0 saturated carbocycles. The van der Waals surface area contributed by atoms with Crippen LogP contribution in [0.4, 0.5) is 14.6 Å². The summed E-state index contributed by atoms with van der Waals surface area (Å²) in [5, 5.41) is 5.37. The molecule has 0 amide bonds. The molecule has 4 aromatic rings. The van der Waals surface area contributed by atoms with Crippen molar-refractivity contribution in [2.75, 3.05) is 44.2 Å². The quantitative estimate of drug-likeness (QED) is 0.276. The monoisotopic (exact) mass is 616 g/mol. The number of aryl methyl sites for hydroxylation is 1. The van der Waals surface area contributed by atoms with Crippen LogP contribution in [0.5, 0.6) is 11.9 Å². The maximum Gasteiger partial charge on any atom is 0.319 e. The highest BCUT2D eigenvalue weighted by Gasteiger charge is 2.45. The molecule has 3 saturated heterocycles. The van der Waals surface area contributed by atoms with Gasteiger partial charge in [0.1, 0.15) is 40.9 Å². The van der Waals surface area contributed by atoms with E-state index < -0.39 is 5.82 Å². The summed E-state index contributed by atoms with van der Waals surface area (Å²) in [6.45, 7) is 12.6. The molecule has 238 valence electrons. The van der Waals surface area contributed by atoms with Gasteiger partial charge in [-0.15, -0.1) is 0 Å². The number of halogens is 2. The van der Waals surface area contributed by atoms with Crippen molar-refractivity contribution in [2.45, 2.75) is 77.5 Å². The van der Waals surface area contributed by atoms with Gasteiger partial charge in [0.05, 0.1) is 11.6 Å². The molecule has 2 aromatic carbocycles. The first kappa shape index (κ1) is 30.0. The number of rotatable bonds is 5. The van der Waals surface area contributed by atoms with Gasteiger partial charge in [-0.25, -0.2) is 13.8 Å². The van der Waals surface area contributed by atoms with E-state index in [0.29, 0.717) is 53.3 Å². The number of nitrogens with one attached hydrogen (secondary N) is 1. The molecule has 1 N–H and O–H groups in total. The number of ether oxygens (including phenoxy) is 2. The van der Waals surface area contributed by atoms with Crippen LogP contribution in [-0.2, 0) is 0 Å². The Labute approximate surface area is 263 Å². The number of piperazine rings is 1. The van der Waals surface area contributed by atoms with E-state index in [1.54, 1.807) is 19.1 Å². The van der Waals surface area contributed by atoms with Crippen LogP contribution in [0, 0.1) is 18.6 Å². The van der Waals surface area contributed by atoms with Gasteiger partial charge in [-0.2, -0.15) is 9.97 Å². The molecular formula is C35H42F2N6O2. The Morgan fingerprint density at radius 3 is 2.60 bits per heavy atom. The summed E-state index contributed by atoms with van der Waals surface area (Å²) >= 11 is 0. The summed E-state index contributed by atoms with van der Waals surface area (Å²) in [7, 11) is 0. The highest BCUT2D eigenvalue weighted by molar-refractivity contribution is 6.02. The minimum Gasteiger partial charge on any atom is -0.472 e. The van der Waals surface area contributed by atoms with E-state index >= 15 is 4.39 Å². The van der Waals surface area contributed by atoms with E-state index in [0.717, 1.165) is 57.1 Å². The van der Waals surface area contributed by atoms with Gasteiger partial charge in [0.2, 0.25) is 5.88 Å². The number of hydrogen-bond donors (Lipinski definition) is 1. The summed E-state index contributed by atoms with van der Waals surface area (Å²) in [6, 6.07) is 8.83. The van der Waals surface area contributed by atoms with Gasteiger partial charge in [-0.05, 0) is 74.5 Å². The second-order valence-corrected chi connectivity index (χ2v) is 12.4. The number of nitrogens with zero attached hydrogens (tertiary/aromatic N) is 5. The van der Waals surface area contributed by atoms with Gasteiger partial charge in [0.25, 0.3) is 0 Å². The summed E-state index contributed by atoms with van der Waals surface area (Å²) in [5.41, 5.74) is 1.14. The molecule has 2 atom stereocenters. The van der Waals surface area contributed by atoms with Crippen LogP contribution in [0.3, 0.4) is 0 Å². The normalized spacial score (nSPS) is 22.0. The van der Waals surface area contributed by atoms with Crippen LogP contribution in [0.1, 0.15) is 58.4 Å². The van der Waals surface area contributed by atoms with Crippen LogP contribution in [0.15, 0.2) is 30.3 Å². The minimum absolute atomic E-state index is 0.00189. The predicted molar refractivity (Wildman–Crippen MR) is 173 cm³/mol. The molecule has 4 aliphatic rings. The largest absolute Gasteiger partial charge is 0.472 e. The fourth-order valence-corrected chi connectivity index (χ4v) is 7.93. The number of aromatic nitrogens is 3. The molecule has 45 heavy (non-hydrogen) atoms. The molecule has 8 rings (SSSR count). The van der Waals surface area contributed by atoms with Crippen LogP contribution in [-0.4, -0.2) is 76.9 Å². The molecule has 2 aromatic heterocycles. The third kappa shape index (κ3) is 4.88. The molecule has 0 aliphatic carbocycles. The maximum atomic E-state index is 16.9. The van der Waals surface area contributed by atoms with Gasteiger partial charge in [0.15, 0.2) is 5.82 Å². The fraction of sp³-hybridized carbons (Fsp3) is 0.514. The standard InChI is InChI=1S/C33H36F2N6O2.C2H6/c1-3-24-23-17-36-13-16-41(23)30-26-29(38-32(39-30)42-18-33-11-5-14-40(33)15-6-12-33)27(35)28(37-31(26)43-24)21-8-4-7-20-9-10-22(34)19(2)25(20)21;1-2/h4,7-10,23-24,36H,3,5-6,11-18H2,1-2H3;1-2H3. The van der Waals surface area contributed by atoms with E-state index in [9.17, 15) is 4.39 Å². The van der Waals surface area contributed by atoms with Crippen molar-refractivity contribution in [1.82, 2.24) is 25.2 Å². The van der Waals surface area contributed by atoms with Crippen molar-refractivity contribution < 1.29 is 18.3 Å². The summed E-state index contributed by atoms with van der Waals surface area (Å²) in [6.07, 6.45) is 5.02. The Hall–Kier alpha value is -3.63. The molecule has 4 aliphatic heterocycles. The van der Waals surface area contributed by atoms with Crippen molar-refractivity contribution in [3.63, 3.8) is 0 Å². The zero-order valence-electron chi connectivity index (χ0n) is 26.6. The van der Waals surface area contributed by atoms with E-state index in [1.165, 1.54) is 6.07 Å². The van der Waals surface area contributed by atoms with E-state index in [1.807, 2.05) is 26.0 Å². The highest BCUT2D eigenvalue weighted by Crippen LogP contribution is 2.44. The average molecular weight is 617 g/mol. The number of pyridine rings is 1. The van der Waals surface area contributed by atoms with Gasteiger partial charge in [0, 0.05) is 25.2 Å². The molecule has 2 unspecified atom stereocenters. The van der Waals surface area contributed by atoms with E-state index in [4.69, 9.17) is 24.4 Å². The van der Waals surface area contributed by atoms with Crippen LogP contribution in [0.25, 0.3) is 32.9 Å². The summed E-state index contributed by atoms with van der Waals surface area (Å²) in [5.74, 6) is -0.0342. The lowest BCUT2D eigenvalue weighted by molar-refractivity contribution is 0.108. The SMILES string of the molecule is CC.CCC1Oc2nc(-c3cccc4ccc(F)c(C)c34)c(F)c3nc(OCC45CCCN4CCC5)nc(c23)N2CCNCC12. The molecule has 3 fully saturated rings. The second-order valence-electron chi connectivity index (χ2n) is 12.4. The van der Waals surface area contributed by atoms with Crippen molar-refractivity contribution in [3.05, 3.63) is 47.5 Å². The Balaban J connectivity index is 0.00000160. The van der Waals surface area contributed by atoms with Gasteiger partial charge < -0.3 is 19.7 Å². The first-order valence-electron chi connectivity index (χ1n) is 16.6. The number of hydrogen-bond acceptors (Lipinski definition) is 8. The number of benzene rings is 2. The minimum atomic E-state index is -0.588. The zero-order chi connectivity index (χ0) is 31.3. The second kappa shape index (κ2) is 11.9. The lowest BCUT2D eigenvalue weighted by atomic mass is 9.95. The molecular weight excluding hydrogens is 574 g/mol. The first-order valence-corrected chi connectivity index (χ1v) is 16.6. The molecule has 0 radical (unpaired) electrons. The van der Waals surface area contributed by atoms with Crippen molar-refractivity contribution >= 4 is 27.5 Å². The Morgan fingerprint density at radius 2 is 1.82 bits per heavy atom. The van der Waals surface area contributed by atoms with Crippen molar-refractivity contribution in [2.24, 2.45) is 0 Å². The molecule has 6 heterocycles. The van der Waals surface area contributed by atoms with Crippen LogP contribution in [0.2, 0.25) is 0 Å². The molecule has 8 nitrogen and oxygen atoms in total. The number of anilines is 1. The average Bonchev–Trinajstić information content (AvgIpc) is 3.63. The van der Waals surface area contributed by atoms with Gasteiger partial charge in [-0.3, -0.25) is 4.90 Å². The van der Waals surface area contributed by atoms with Gasteiger partial charge in [-0.1, -0.05) is 45.0 Å². The molecule has 0 bridgehead atoms. The molecule has 0 spiro atoms. The Morgan fingerprint density at radius 1 is 1.02 bits per heavy atom. The van der Waals surface area contributed by atoms with E-state index in [2.05, 4.69) is 22.0 Å². The Kier molecular flexibility index (Phi) is 7.98. The van der Waals surface area contributed by atoms with Crippen LogP contribution < -0.4 is 19.7 Å². The van der Waals surface area contributed by atoms with Crippen molar-refractivity contribution in [3.8, 4) is 23.1 Å².